The van der Waals surface area contributed by atoms with Crippen molar-refractivity contribution in [2.75, 3.05) is 19.4 Å². The molecule has 3 nitrogen and oxygen atoms in total. The van der Waals surface area contributed by atoms with Crippen LogP contribution in [0.2, 0.25) is 0 Å². The fourth-order valence-electron chi connectivity index (χ4n) is 1.28. The van der Waals surface area contributed by atoms with Gasteiger partial charge < -0.3 is 15.8 Å². The molecular weight excluding hydrogens is 188 g/mol. The second-order valence-corrected chi connectivity index (χ2v) is 3.84. The van der Waals surface area contributed by atoms with Gasteiger partial charge in [0.15, 0.2) is 0 Å². The van der Waals surface area contributed by atoms with E-state index in [1.807, 2.05) is 38.2 Å². The van der Waals surface area contributed by atoms with Crippen LogP contribution in [0.4, 0.5) is 5.69 Å². The number of hydrogen-bond acceptors (Lipinski definition) is 3. The highest BCUT2D eigenvalue weighted by Gasteiger charge is 2.07. The highest BCUT2D eigenvalue weighted by Crippen LogP contribution is 2.18. The third-order valence-corrected chi connectivity index (χ3v) is 2.47. The molecule has 3 heteroatoms. The molecule has 0 saturated carbocycles. The van der Waals surface area contributed by atoms with Crippen molar-refractivity contribution in [3.05, 3.63) is 29.8 Å². The summed E-state index contributed by atoms with van der Waals surface area (Å²) in [6.45, 7) is 4.83. The number of ether oxygens (including phenoxy) is 1. The molecule has 0 fully saturated rings. The predicted molar refractivity (Wildman–Crippen MR) is 63.7 cm³/mol. The molecule has 0 heterocycles. The second kappa shape index (κ2) is 5.73. The summed E-state index contributed by atoms with van der Waals surface area (Å²) in [4.78, 5) is 0. The van der Waals surface area contributed by atoms with Crippen LogP contribution in [0.25, 0.3) is 0 Å². The van der Waals surface area contributed by atoms with E-state index < -0.39 is 0 Å². The van der Waals surface area contributed by atoms with E-state index in [0.717, 1.165) is 11.3 Å². The molecule has 2 atom stereocenters. The summed E-state index contributed by atoms with van der Waals surface area (Å²) in [6, 6.07) is 8.19. The van der Waals surface area contributed by atoms with Crippen molar-refractivity contribution >= 4 is 5.69 Å². The lowest BCUT2D eigenvalue weighted by Crippen LogP contribution is -2.27. The summed E-state index contributed by atoms with van der Waals surface area (Å²) in [7, 11) is 1.93. The number of nitrogens with one attached hydrogen (secondary N) is 1. The number of rotatable bonds is 5. The molecule has 0 spiro atoms. The fraction of sp³-hybridized carbons (Fsp3) is 0.500. The molecule has 1 aromatic rings. The molecular formula is C12H20N2O. The zero-order valence-electron chi connectivity index (χ0n) is 9.66. The van der Waals surface area contributed by atoms with Crippen LogP contribution in [0.3, 0.4) is 0 Å². The Morgan fingerprint density at radius 3 is 2.73 bits per heavy atom. The molecule has 1 rings (SSSR count). The Morgan fingerprint density at radius 2 is 2.13 bits per heavy atom. The minimum absolute atomic E-state index is 0.0873. The van der Waals surface area contributed by atoms with E-state index in [-0.39, 0.29) is 6.10 Å². The van der Waals surface area contributed by atoms with Gasteiger partial charge in [-0.05, 0) is 38.6 Å². The van der Waals surface area contributed by atoms with Crippen molar-refractivity contribution in [3.63, 3.8) is 0 Å². The average molecular weight is 208 g/mol. The van der Waals surface area contributed by atoms with Crippen molar-refractivity contribution in [2.24, 2.45) is 0 Å². The van der Waals surface area contributed by atoms with E-state index >= 15 is 0 Å². The quantitative estimate of drug-likeness (QED) is 0.727. The van der Waals surface area contributed by atoms with Gasteiger partial charge in [0.1, 0.15) is 0 Å². The Morgan fingerprint density at radius 1 is 1.40 bits per heavy atom. The summed E-state index contributed by atoms with van der Waals surface area (Å²) in [5.41, 5.74) is 7.62. The molecule has 0 aromatic heterocycles. The van der Waals surface area contributed by atoms with E-state index in [2.05, 4.69) is 12.2 Å². The van der Waals surface area contributed by atoms with Crippen LogP contribution >= 0.6 is 0 Å². The molecule has 3 N–H and O–H groups in total. The van der Waals surface area contributed by atoms with Gasteiger partial charge in [0, 0.05) is 11.7 Å². The smallest absolute Gasteiger partial charge is 0.0798 e. The minimum Gasteiger partial charge on any atom is -0.399 e. The fourth-order valence-corrected chi connectivity index (χ4v) is 1.28. The third-order valence-electron chi connectivity index (χ3n) is 2.47. The van der Waals surface area contributed by atoms with Crippen LogP contribution in [0, 0.1) is 0 Å². The molecule has 0 amide bonds. The maximum absolute atomic E-state index is 5.72. The summed E-state index contributed by atoms with van der Waals surface area (Å²) in [6.07, 6.45) is 0.0873. The van der Waals surface area contributed by atoms with Crippen molar-refractivity contribution in [2.45, 2.75) is 26.0 Å². The van der Waals surface area contributed by atoms with Crippen LogP contribution < -0.4 is 11.1 Å². The molecule has 0 radical (unpaired) electrons. The SMILES string of the molecule is CNC(C)COC(C)c1cccc(N)c1. The van der Waals surface area contributed by atoms with Gasteiger partial charge in [-0.25, -0.2) is 0 Å². The summed E-state index contributed by atoms with van der Waals surface area (Å²) in [5, 5.41) is 3.13. The molecule has 0 bridgehead atoms. The molecule has 84 valence electrons. The van der Waals surface area contributed by atoms with E-state index in [9.17, 15) is 0 Å². The normalized spacial score (nSPS) is 14.9. The number of hydrogen-bond donors (Lipinski definition) is 2. The van der Waals surface area contributed by atoms with E-state index in [0.29, 0.717) is 12.6 Å². The zero-order valence-corrected chi connectivity index (χ0v) is 9.66. The van der Waals surface area contributed by atoms with Crippen molar-refractivity contribution in [1.29, 1.82) is 0 Å². The summed E-state index contributed by atoms with van der Waals surface area (Å²) >= 11 is 0. The predicted octanol–water partition coefficient (Wildman–Crippen LogP) is 1.95. The van der Waals surface area contributed by atoms with E-state index in [4.69, 9.17) is 10.5 Å². The van der Waals surface area contributed by atoms with E-state index in [1.54, 1.807) is 0 Å². The Bertz CT molecular complexity index is 301. The molecule has 2 unspecified atom stereocenters. The topological polar surface area (TPSA) is 47.3 Å². The first kappa shape index (κ1) is 12.0. The van der Waals surface area contributed by atoms with Gasteiger partial charge in [-0.2, -0.15) is 0 Å². The van der Waals surface area contributed by atoms with Gasteiger partial charge in [-0.1, -0.05) is 12.1 Å². The molecule has 0 aliphatic carbocycles. The van der Waals surface area contributed by atoms with E-state index in [1.165, 1.54) is 0 Å². The highest BCUT2D eigenvalue weighted by atomic mass is 16.5. The third kappa shape index (κ3) is 3.90. The molecule has 15 heavy (non-hydrogen) atoms. The Hall–Kier alpha value is -1.06. The molecule has 0 aliphatic rings. The number of nitrogens with two attached hydrogens (primary N) is 1. The van der Waals surface area contributed by atoms with Gasteiger partial charge >= 0.3 is 0 Å². The Labute approximate surface area is 91.6 Å². The monoisotopic (exact) mass is 208 g/mol. The number of nitrogen functional groups attached to an aromatic ring is 1. The van der Waals surface area contributed by atoms with Gasteiger partial charge in [0.25, 0.3) is 0 Å². The van der Waals surface area contributed by atoms with Crippen molar-refractivity contribution in [1.82, 2.24) is 5.32 Å². The molecule has 1 aromatic carbocycles. The van der Waals surface area contributed by atoms with Gasteiger partial charge in [0.05, 0.1) is 12.7 Å². The molecule has 0 aliphatic heterocycles. The lowest BCUT2D eigenvalue weighted by atomic mass is 10.1. The van der Waals surface area contributed by atoms with Crippen LogP contribution in [0.1, 0.15) is 25.5 Å². The summed E-state index contributed by atoms with van der Waals surface area (Å²) in [5.74, 6) is 0. The highest BCUT2D eigenvalue weighted by molar-refractivity contribution is 5.41. The summed E-state index contributed by atoms with van der Waals surface area (Å²) < 4.78 is 5.72. The average Bonchev–Trinajstić information content (AvgIpc) is 2.25. The minimum atomic E-state index is 0.0873. The Balaban J connectivity index is 2.50. The van der Waals surface area contributed by atoms with Crippen LogP contribution in [0.5, 0.6) is 0 Å². The first-order chi connectivity index (χ1) is 7.13. The lowest BCUT2D eigenvalue weighted by Gasteiger charge is -2.17. The maximum Gasteiger partial charge on any atom is 0.0798 e. The van der Waals surface area contributed by atoms with Gasteiger partial charge in [0.2, 0.25) is 0 Å². The van der Waals surface area contributed by atoms with Crippen LogP contribution in [-0.2, 0) is 4.74 Å². The standard InChI is InChI=1S/C12H20N2O/c1-9(14-3)8-15-10(2)11-5-4-6-12(13)7-11/h4-7,9-10,14H,8,13H2,1-3H3. The number of benzene rings is 1. The number of likely N-dealkylation sites (N-methyl/N-ethyl adjacent to an activating group) is 1. The van der Waals surface area contributed by atoms with Crippen molar-refractivity contribution in [3.8, 4) is 0 Å². The van der Waals surface area contributed by atoms with Gasteiger partial charge in [-0.15, -0.1) is 0 Å². The molecule has 0 saturated heterocycles. The first-order valence-corrected chi connectivity index (χ1v) is 5.27. The van der Waals surface area contributed by atoms with Crippen molar-refractivity contribution < 1.29 is 4.74 Å². The van der Waals surface area contributed by atoms with Crippen LogP contribution in [0.15, 0.2) is 24.3 Å². The Kier molecular flexibility index (Phi) is 4.59. The maximum atomic E-state index is 5.72. The lowest BCUT2D eigenvalue weighted by molar-refractivity contribution is 0.0536. The van der Waals surface area contributed by atoms with Gasteiger partial charge in [-0.3, -0.25) is 0 Å². The zero-order chi connectivity index (χ0) is 11.3. The number of anilines is 1. The van der Waals surface area contributed by atoms with Crippen LogP contribution in [-0.4, -0.2) is 19.7 Å². The first-order valence-electron chi connectivity index (χ1n) is 5.27. The largest absolute Gasteiger partial charge is 0.399 e. The second-order valence-electron chi connectivity index (χ2n) is 3.84.